The molecule has 156 valence electrons. The summed E-state index contributed by atoms with van der Waals surface area (Å²) in [5.74, 6) is 1.75. The Hall–Kier alpha value is -3.08. The zero-order valence-electron chi connectivity index (χ0n) is 17.2. The Labute approximate surface area is 174 Å². The highest BCUT2D eigenvalue weighted by Crippen LogP contribution is 2.40. The number of pyridine rings is 1. The van der Waals surface area contributed by atoms with E-state index in [1.54, 1.807) is 4.90 Å². The number of aromatic nitrogens is 4. The number of nitrogens with one attached hydrogen (secondary N) is 1. The van der Waals surface area contributed by atoms with E-state index in [1.165, 1.54) is 0 Å². The quantitative estimate of drug-likeness (QED) is 0.703. The molecule has 0 spiro atoms. The van der Waals surface area contributed by atoms with Gasteiger partial charge in [-0.2, -0.15) is 5.26 Å². The van der Waals surface area contributed by atoms with Gasteiger partial charge >= 0.3 is 6.09 Å². The Kier molecular flexibility index (Phi) is 4.81. The van der Waals surface area contributed by atoms with Crippen LogP contribution in [0.25, 0.3) is 22.1 Å². The highest BCUT2D eigenvalue weighted by atomic mass is 16.6. The molecule has 1 saturated heterocycles. The third kappa shape index (κ3) is 3.09. The lowest BCUT2D eigenvalue weighted by molar-refractivity contribution is 0.0724. The molecule has 8 nitrogen and oxygen atoms in total. The summed E-state index contributed by atoms with van der Waals surface area (Å²) in [7, 11) is 0. The van der Waals surface area contributed by atoms with Gasteiger partial charge in [0.15, 0.2) is 0 Å². The Morgan fingerprint density at radius 1 is 1.33 bits per heavy atom. The number of nitriles is 1. The number of amides is 1. The fourth-order valence-corrected chi connectivity index (χ4v) is 5.01. The first-order valence-corrected chi connectivity index (χ1v) is 10.8. The Morgan fingerprint density at radius 3 is 2.87 bits per heavy atom. The third-order valence-electron chi connectivity index (χ3n) is 6.60. The monoisotopic (exact) mass is 406 g/mol. The maximum absolute atomic E-state index is 12.0. The number of carbonyl (C=O) groups excluding carboxylic acids is 1. The molecule has 1 aliphatic heterocycles. The van der Waals surface area contributed by atoms with Gasteiger partial charge in [-0.25, -0.2) is 14.8 Å². The second-order valence-electron chi connectivity index (χ2n) is 8.41. The highest BCUT2D eigenvalue weighted by Gasteiger charge is 2.38. The van der Waals surface area contributed by atoms with Crippen LogP contribution in [-0.4, -0.2) is 50.2 Å². The number of fused-ring (bicyclic) bond motifs is 3. The average Bonchev–Trinajstić information content (AvgIpc) is 3.32. The molecule has 3 aromatic rings. The first kappa shape index (κ1) is 18.9. The number of nitrogens with zero attached hydrogens (tertiary/aromatic N) is 5. The lowest BCUT2D eigenvalue weighted by atomic mass is 9.84. The van der Waals surface area contributed by atoms with Crippen molar-refractivity contribution in [2.45, 2.75) is 51.0 Å². The summed E-state index contributed by atoms with van der Waals surface area (Å²) in [5.41, 5.74) is 2.91. The largest absolute Gasteiger partial charge is 0.450 e. The van der Waals surface area contributed by atoms with E-state index in [2.05, 4.69) is 26.7 Å². The summed E-state index contributed by atoms with van der Waals surface area (Å²) < 4.78 is 7.56. The maximum atomic E-state index is 12.0. The van der Waals surface area contributed by atoms with Gasteiger partial charge in [0.1, 0.15) is 17.0 Å². The van der Waals surface area contributed by atoms with Gasteiger partial charge in [-0.05, 0) is 44.6 Å². The second kappa shape index (κ2) is 7.63. The van der Waals surface area contributed by atoms with Crippen molar-refractivity contribution in [3.05, 3.63) is 24.3 Å². The molecule has 1 saturated carbocycles. The van der Waals surface area contributed by atoms with Gasteiger partial charge in [0.25, 0.3) is 0 Å². The number of imidazole rings is 1. The predicted molar refractivity (Wildman–Crippen MR) is 112 cm³/mol. The number of hydrogen-bond acceptors (Lipinski definition) is 5. The Balaban J connectivity index is 1.50. The van der Waals surface area contributed by atoms with E-state index in [0.29, 0.717) is 38.1 Å². The van der Waals surface area contributed by atoms with Gasteiger partial charge in [-0.15, -0.1) is 0 Å². The molecule has 8 heteroatoms. The van der Waals surface area contributed by atoms with Crippen LogP contribution in [-0.2, 0) is 4.74 Å². The number of ether oxygens (including phenoxy) is 1. The summed E-state index contributed by atoms with van der Waals surface area (Å²) in [4.78, 5) is 26.5. The zero-order valence-corrected chi connectivity index (χ0v) is 17.2. The molecule has 1 N–H and O–H groups in total. The normalized spacial score (nSPS) is 22.2. The highest BCUT2D eigenvalue weighted by molar-refractivity contribution is 6.01. The molecule has 0 bridgehead atoms. The van der Waals surface area contributed by atoms with Crippen LogP contribution in [0.4, 0.5) is 4.79 Å². The van der Waals surface area contributed by atoms with E-state index in [-0.39, 0.29) is 12.0 Å². The SMILES string of the molecule is CCOC(=O)N1CC(c2nc3cnc4[nH]ccc4c3n2C2CCC(CC#N)CC2)C1. The van der Waals surface area contributed by atoms with E-state index >= 15 is 0 Å². The van der Waals surface area contributed by atoms with Crippen molar-refractivity contribution >= 4 is 28.2 Å². The van der Waals surface area contributed by atoms with E-state index in [9.17, 15) is 4.79 Å². The lowest BCUT2D eigenvalue weighted by Crippen LogP contribution is -2.49. The third-order valence-corrected chi connectivity index (χ3v) is 6.60. The van der Waals surface area contributed by atoms with Crippen molar-refractivity contribution in [1.82, 2.24) is 24.4 Å². The molecule has 2 fully saturated rings. The Bertz CT molecular complexity index is 1110. The number of likely N-dealkylation sites (tertiary alicyclic amines) is 1. The number of H-pyrrole nitrogens is 1. The van der Waals surface area contributed by atoms with Crippen molar-refractivity contribution < 1.29 is 9.53 Å². The van der Waals surface area contributed by atoms with Crippen LogP contribution in [0.5, 0.6) is 0 Å². The van der Waals surface area contributed by atoms with Gasteiger partial charge in [-0.3, -0.25) is 0 Å². The molecule has 30 heavy (non-hydrogen) atoms. The van der Waals surface area contributed by atoms with E-state index < -0.39 is 0 Å². The van der Waals surface area contributed by atoms with E-state index in [4.69, 9.17) is 15.0 Å². The van der Waals surface area contributed by atoms with Crippen molar-refractivity contribution in [1.29, 1.82) is 5.26 Å². The van der Waals surface area contributed by atoms with Crippen LogP contribution in [0.2, 0.25) is 0 Å². The molecule has 0 atom stereocenters. The molecule has 3 aromatic heterocycles. The first-order chi connectivity index (χ1) is 14.7. The van der Waals surface area contributed by atoms with Crippen molar-refractivity contribution in [2.24, 2.45) is 5.92 Å². The summed E-state index contributed by atoms with van der Waals surface area (Å²) in [6, 6.07) is 4.76. The van der Waals surface area contributed by atoms with Gasteiger partial charge in [0.2, 0.25) is 0 Å². The van der Waals surface area contributed by atoms with Crippen LogP contribution in [0.15, 0.2) is 18.5 Å². The average molecular weight is 406 g/mol. The van der Waals surface area contributed by atoms with Gasteiger partial charge in [0, 0.05) is 37.1 Å². The minimum absolute atomic E-state index is 0.202. The number of carbonyl (C=O) groups is 1. The number of hydrogen-bond donors (Lipinski definition) is 1. The molecule has 1 aliphatic carbocycles. The number of aromatic amines is 1. The van der Waals surface area contributed by atoms with Crippen molar-refractivity contribution in [2.75, 3.05) is 19.7 Å². The molecule has 0 aromatic carbocycles. The molecule has 0 unspecified atom stereocenters. The zero-order chi connectivity index (χ0) is 20.7. The standard InChI is InChI=1S/C22H26N6O2/c1-2-30-22(29)27-12-15(13-27)21-26-18-11-25-20-17(8-10-24-20)19(18)28(21)16-5-3-14(4-6-16)7-9-23/h8,10-11,14-16H,2-7,12-13H2,1H3,(H,24,25). The molecular weight excluding hydrogens is 380 g/mol. The predicted octanol–water partition coefficient (Wildman–Crippen LogP) is 4.11. The molecule has 4 heterocycles. The van der Waals surface area contributed by atoms with Gasteiger partial charge in [0.05, 0.1) is 30.3 Å². The van der Waals surface area contributed by atoms with Crippen LogP contribution in [0.1, 0.15) is 56.8 Å². The first-order valence-electron chi connectivity index (χ1n) is 10.8. The molecule has 2 aliphatic rings. The van der Waals surface area contributed by atoms with Crippen LogP contribution in [0, 0.1) is 17.2 Å². The lowest BCUT2D eigenvalue weighted by Gasteiger charge is -2.39. The maximum Gasteiger partial charge on any atom is 0.409 e. The summed E-state index contributed by atoms with van der Waals surface area (Å²) >= 11 is 0. The van der Waals surface area contributed by atoms with Crippen LogP contribution in [0.3, 0.4) is 0 Å². The van der Waals surface area contributed by atoms with Crippen molar-refractivity contribution in [3.8, 4) is 6.07 Å². The summed E-state index contributed by atoms with van der Waals surface area (Å²) in [6.07, 6.45) is 8.40. The van der Waals surface area contributed by atoms with E-state index in [0.717, 1.165) is 53.6 Å². The Morgan fingerprint density at radius 2 is 2.13 bits per heavy atom. The van der Waals surface area contributed by atoms with Crippen molar-refractivity contribution in [3.63, 3.8) is 0 Å². The summed E-state index contributed by atoms with van der Waals surface area (Å²) in [5, 5.41) is 10.1. The minimum atomic E-state index is -0.247. The fourth-order valence-electron chi connectivity index (χ4n) is 5.01. The van der Waals surface area contributed by atoms with Gasteiger partial charge in [-0.1, -0.05) is 0 Å². The van der Waals surface area contributed by atoms with Gasteiger partial charge < -0.3 is 19.2 Å². The number of rotatable bonds is 4. The molecular formula is C22H26N6O2. The van der Waals surface area contributed by atoms with E-state index in [1.807, 2.05) is 19.3 Å². The molecule has 5 rings (SSSR count). The fraction of sp³-hybridized carbons (Fsp3) is 0.545. The smallest absolute Gasteiger partial charge is 0.409 e. The topological polar surface area (TPSA) is 99.8 Å². The molecule has 0 radical (unpaired) electrons. The summed E-state index contributed by atoms with van der Waals surface area (Å²) in [6.45, 7) is 3.49. The van der Waals surface area contributed by atoms with Crippen LogP contribution >= 0.6 is 0 Å². The second-order valence-corrected chi connectivity index (χ2v) is 8.41. The molecule has 1 amide bonds. The van der Waals surface area contributed by atoms with Crippen LogP contribution < -0.4 is 0 Å². The minimum Gasteiger partial charge on any atom is -0.450 e.